The summed E-state index contributed by atoms with van der Waals surface area (Å²) >= 11 is 0. The minimum absolute atomic E-state index is 0.00102. The summed E-state index contributed by atoms with van der Waals surface area (Å²) in [7, 11) is 1.29. The number of nitrogens with one attached hydrogen (secondary N) is 1. The fourth-order valence-corrected chi connectivity index (χ4v) is 4.06. The van der Waals surface area contributed by atoms with Gasteiger partial charge >= 0.3 is 18.0 Å². The quantitative estimate of drug-likeness (QED) is 0.479. The van der Waals surface area contributed by atoms with E-state index >= 15 is 0 Å². The number of hydrogen-bond donors (Lipinski definition) is 3. The molecule has 0 spiro atoms. The van der Waals surface area contributed by atoms with Gasteiger partial charge in [-0.25, -0.2) is 14.4 Å². The lowest BCUT2D eigenvalue weighted by Gasteiger charge is -2.30. The van der Waals surface area contributed by atoms with Gasteiger partial charge in [0.2, 0.25) is 0 Å². The summed E-state index contributed by atoms with van der Waals surface area (Å²) in [5.41, 5.74) is -1.02. The van der Waals surface area contributed by atoms with E-state index in [0.29, 0.717) is 13.0 Å². The Kier molecular flexibility index (Phi) is 8.82. The largest absolute Gasteiger partial charge is 0.508 e. The molecule has 11 heteroatoms. The first kappa shape index (κ1) is 28.3. The molecule has 1 heterocycles. The SMILES string of the molecule is COc1cccc(C(=O)O[C@@H]2CCCN(C(=O)OC(C)(C)C)C[C@H]2NC(=O)c2ccc(O)cc2)c1C(=O)O. The van der Waals surface area contributed by atoms with Crippen molar-refractivity contribution in [1.82, 2.24) is 10.2 Å². The molecule has 1 fully saturated rings. The summed E-state index contributed by atoms with van der Waals surface area (Å²) in [6.45, 7) is 5.51. The number of methoxy groups -OCH3 is 1. The lowest BCUT2D eigenvalue weighted by atomic mass is 10.0. The number of likely N-dealkylation sites (tertiary alicyclic amines) is 1. The number of carboxylic acid groups (broad SMARTS) is 1. The molecule has 3 rings (SSSR count). The third kappa shape index (κ3) is 7.15. The molecule has 1 aliphatic heterocycles. The third-order valence-corrected chi connectivity index (χ3v) is 5.82. The van der Waals surface area contributed by atoms with Crippen molar-refractivity contribution in [3.8, 4) is 11.5 Å². The number of aromatic hydroxyl groups is 1. The number of ether oxygens (including phenoxy) is 3. The maximum Gasteiger partial charge on any atom is 0.410 e. The van der Waals surface area contributed by atoms with Crippen LogP contribution in [-0.2, 0) is 9.47 Å². The second-order valence-corrected chi connectivity index (χ2v) is 9.83. The van der Waals surface area contributed by atoms with Crippen molar-refractivity contribution in [2.24, 2.45) is 0 Å². The van der Waals surface area contributed by atoms with Crippen molar-refractivity contribution in [2.45, 2.75) is 51.4 Å². The molecular formula is C27H32N2O9. The number of esters is 1. The maximum atomic E-state index is 13.2. The zero-order valence-corrected chi connectivity index (χ0v) is 21.7. The number of nitrogens with zero attached hydrogens (tertiary/aromatic N) is 1. The van der Waals surface area contributed by atoms with Gasteiger partial charge in [0.15, 0.2) is 0 Å². The van der Waals surface area contributed by atoms with Crippen molar-refractivity contribution in [2.75, 3.05) is 20.2 Å². The standard InChI is InChI=1S/C27H32N2O9/c1-27(2,3)38-26(35)29-14-6-9-20(19(15-29)28-23(31)16-10-12-17(30)13-11-16)37-25(34)18-7-5-8-21(36-4)22(18)24(32)33/h5,7-8,10-13,19-20,30H,6,9,14-15H2,1-4H3,(H,28,31)(H,32,33)/t19-,20-/m1/s1. The van der Waals surface area contributed by atoms with Gasteiger partial charge < -0.3 is 34.6 Å². The van der Waals surface area contributed by atoms with Gasteiger partial charge in [-0.05, 0) is 70.0 Å². The fourth-order valence-electron chi connectivity index (χ4n) is 4.06. The Hall–Kier alpha value is -4.28. The average Bonchev–Trinajstić information content (AvgIpc) is 3.04. The van der Waals surface area contributed by atoms with Crippen LogP contribution < -0.4 is 10.1 Å². The Bertz CT molecular complexity index is 1190. The Morgan fingerprint density at radius 3 is 2.34 bits per heavy atom. The number of aromatic carboxylic acids is 1. The summed E-state index contributed by atoms with van der Waals surface area (Å²) in [5.74, 6) is -2.77. The topological polar surface area (TPSA) is 152 Å². The van der Waals surface area contributed by atoms with Crippen LogP contribution in [-0.4, -0.2) is 77.0 Å². The normalized spacial score (nSPS) is 17.6. The Balaban J connectivity index is 1.89. The molecule has 0 radical (unpaired) electrons. The van der Waals surface area contributed by atoms with Crippen LogP contribution in [0.3, 0.4) is 0 Å². The monoisotopic (exact) mass is 528 g/mol. The highest BCUT2D eigenvalue weighted by molar-refractivity contribution is 6.04. The molecule has 3 N–H and O–H groups in total. The van der Waals surface area contributed by atoms with E-state index in [4.69, 9.17) is 14.2 Å². The van der Waals surface area contributed by atoms with Gasteiger partial charge in [-0.1, -0.05) is 6.07 Å². The molecule has 1 aliphatic rings. The van der Waals surface area contributed by atoms with Gasteiger partial charge in [0.05, 0.1) is 18.7 Å². The number of carboxylic acids is 1. The molecular weight excluding hydrogens is 496 g/mol. The molecule has 2 amide bonds. The predicted molar refractivity (Wildman–Crippen MR) is 136 cm³/mol. The lowest BCUT2D eigenvalue weighted by molar-refractivity contribution is 0.0124. The molecule has 0 bridgehead atoms. The number of phenolic OH excluding ortho intramolecular Hbond substituents is 1. The number of phenols is 1. The van der Waals surface area contributed by atoms with Crippen LogP contribution in [0, 0.1) is 0 Å². The predicted octanol–water partition coefficient (Wildman–Crippen LogP) is 3.45. The summed E-state index contributed by atoms with van der Waals surface area (Å²) < 4.78 is 16.3. The van der Waals surface area contributed by atoms with E-state index in [-0.39, 0.29) is 41.2 Å². The van der Waals surface area contributed by atoms with E-state index < -0.39 is 41.7 Å². The van der Waals surface area contributed by atoms with E-state index in [1.165, 1.54) is 54.5 Å². The van der Waals surface area contributed by atoms with Crippen molar-refractivity contribution >= 4 is 23.9 Å². The van der Waals surface area contributed by atoms with E-state index in [1.807, 2.05) is 0 Å². The average molecular weight is 529 g/mol. The van der Waals surface area contributed by atoms with Crippen LogP contribution in [0.15, 0.2) is 42.5 Å². The summed E-state index contributed by atoms with van der Waals surface area (Å²) in [5, 5.41) is 22.0. The van der Waals surface area contributed by atoms with Crippen LogP contribution in [0.1, 0.15) is 64.7 Å². The number of benzene rings is 2. The number of carbonyl (C=O) groups is 4. The summed E-state index contributed by atoms with van der Waals surface area (Å²) in [6.07, 6.45) is -0.733. The second-order valence-electron chi connectivity index (χ2n) is 9.83. The van der Waals surface area contributed by atoms with Gasteiger partial charge in [-0.15, -0.1) is 0 Å². The molecule has 0 unspecified atom stereocenters. The smallest absolute Gasteiger partial charge is 0.410 e. The van der Waals surface area contributed by atoms with Crippen LogP contribution in [0.25, 0.3) is 0 Å². The highest BCUT2D eigenvalue weighted by Crippen LogP contribution is 2.25. The number of carbonyl (C=O) groups excluding carboxylic acids is 3. The molecule has 2 aromatic carbocycles. The number of hydrogen-bond acceptors (Lipinski definition) is 8. The van der Waals surface area contributed by atoms with Crippen LogP contribution in [0.2, 0.25) is 0 Å². The van der Waals surface area contributed by atoms with Crippen molar-refractivity contribution in [3.63, 3.8) is 0 Å². The summed E-state index contributed by atoms with van der Waals surface area (Å²) in [4.78, 5) is 52.3. The van der Waals surface area contributed by atoms with Gasteiger partial charge in [-0.2, -0.15) is 0 Å². The van der Waals surface area contributed by atoms with E-state index in [0.717, 1.165) is 0 Å². The zero-order valence-electron chi connectivity index (χ0n) is 21.7. The minimum Gasteiger partial charge on any atom is -0.508 e. The first-order chi connectivity index (χ1) is 17.9. The van der Waals surface area contributed by atoms with E-state index in [2.05, 4.69) is 5.32 Å². The van der Waals surface area contributed by atoms with Gasteiger partial charge in [0, 0.05) is 18.7 Å². The van der Waals surface area contributed by atoms with Crippen molar-refractivity contribution < 1.29 is 43.6 Å². The molecule has 2 atom stereocenters. The molecule has 2 aromatic rings. The fraction of sp³-hybridized carbons (Fsp3) is 0.407. The third-order valence-electron chi connectivity index (χ3n) is 5.82. The van der Waals surface area contributed by atoms with Crippen LogP contribution >= 0.6 is 0 Å². The van der Waals surface area contributed by atoms with Gasteiger partial charge in [0.25, 0.3) is 5.91 Å². The van der Waals surface area contributed by atoms with Gasteiger partial charge in [0.1, 0.15) is 28.8 Å². The molecule has 0 aromatic heterocycles. The second kappa shape index (κ2) is 11.8. The zero-order chi connectivity index (χ0) is 28.0. The molecule has 0 saturated carbocycles. The van der Waals surface area contributed by atoms with E-state index in [9.17, 15) is 29.4 Å². The van der Waals surface area contributed by atoms with Crippen LogP contribution in [0.4, 0.5) is 4.79 Å². The molecule has 204 valence electrons. The first-order valence-electron chi connectivity index (χ1n) is 12.1. The van der Waals surface area contributed by atoms with E-state index in [1.54, 1.807) is 20.8 Å². The molecule has 1 saturated heterocycles. The minimum atomic E-state index is -1.36. The Morgan fingerprint density at radius 1 is 1.05 bits per heavy atom. The summed E-state index contributed by atoms with van der Waals surface area (Å²) in [6, 6.07) is 8.98. The van der Waals surface area contributed by atoms with Crippen molar-refractivity contribution in [1.29, 1.82) is 0 Å². The van der Waals surface area contributed by atoms with Crippen LogP contribution in [0.5, 0.6) is 11.5 Å². The van der Waals surface area contributed by atoms with Crippen molar-refractivity contribution in [3.05, 3.63) is 59.2 Å². The molecule has 0 aliphatic carbocycles. The highest BCUT2D eigenvalue weighted by atomic mass is 16.6. The Morgan fingerprint density at radius 2 is 1.74 bits per heavy atom. The highest BCUT2D eigenvalue weighted by Gasteiger charge is 2.36. The molecule has 11 nitrogen and oxygen atoms in total. The maximum absolute atomic E-state index is 13.2. The lowest BCUT2D eigenvalue weighted by Crippen LogP contribution is -2.51. The Labute approximate surface area is 220 Å². The number of amides is 2. The number of rotatable bonds is 6. The molecule has 38 heavy (non-hydrogen) atoms. The first-order valence-corrected chi connectivity index (χ1v) is 12.1. The van der Waals surface area contributed by atoms with Gasteiger partial charge in [-0.3, -0.25) is 4.79 Å².